The van der Waals surface area contributed by atoms with Crippen LogP contribution in [-0.4, -0.2) is 50.1 Å². The van der Waals surface area contributed by atoms with E-state index in [1.165, 1.54) is 40.7 Å². The summed E-state index contributed by atoms with van der Waals surface area (Å²) in [5.74, 6) is 1.36. The van der Waals surface area contributed by atoms with Crippen LogP contribution in [0.1, 0.15) is 28.8 Å². The van der Waals surface area contributed by atoms with Crippen LogP contribution >= 0.6 is 0 Å². The highest BCUT2D eigenvalue weighted by Crippen LogP contribution is 2.35. The summed E-state index contributed by atoms with van der Waals surface area (Å²) in [6.07, 6.45) is 4.87. The molecule has 0 spiro atoms. The van der Waals surface area contributed by atoms with Crippen molar-refractivity contribution in [2.45, 2.75) is 13.5 Å². The molecule has 0 fully saturated rings. The molecule has 0 aliphatic heterocycles. The number of esters is 1. The first-order valence-electron chi connectivity index (χ1n) is 9.87. The quantitative estimate of drug-likeness (QED) is 0.386. The Kier molecular flexibility index (Phi) is 7.39. The Morgan fingerprint density at radius 1 is 1.06 bits per heavy atom. The molecule has 3 rings (SSSR count). The van der Waals surface area contributed by atoms with E-state index in [-0.39, 0.29) is 18.2 Å². The normalized spacial score (nSPS) is 11.1. The van der Waals surface area contributed by atoms with E-state index in [0.717, 1.165) is 0 Å². The minimum Gasteiger partial charge on any atom is -0.496 e. The van der Waals surface area contributed by atoms with Crippen LogP contribution in [0.2, 0.25) is 0 Å². The number of nitrogens with zero attached hydrogens (tertiary/aromatic N) is 2. The minimum absolute atomic E-state index is 0.111. The van der Waals surface area contributed by atoms with Crippen molar-refractivity contribution >= 4 is 23.6 Å². The fraction of sp³-hybridized carbons (Fsp3) is 0.261. The second-order valence-electron chi connectivity index (χ2n) is 6.91. The second-order valence-corrected chi connectivity index (χ2v) is 6.91. The van der Waals surface area contributed by atoms with Gasteiger partial charge in [-0.3, -0.25) is 9.48 Å². The van der Waals surface area contributed by atoms with Gasteiger partial charge in [-0.25, -0.2) is 4.79 Å². The smallest absolute Gasteiger partial charge is 0.373 e. The summed E-state index contributed by atoms with van der Waals surface area (Å²) >= 11 is 0. The van der Waals surface area contributed by atoms with Gasteiger partial charge in [-0.05, 0) is 31.2 Å². The van der Waals surface area contributed by atoms with Gasteiger partial charge in [-0.2, -0.15) is 5.10 Å². The maximum atomic E-state index is 12.7. The molecule has 0 radical (unpaired) electrons. The number of rotatable bonds is 9. The second kappa shape index (κ2) is 10.4. The number of carbonyl (C=O) groups excluding carboxylic acids is 2. The van der Waals surface area contributed by atoms with Crippen molar-refractivity contribution in [3.05, 3.63) is 59.3 Å². The summed E-state index contributed by atoms with van der Waals surface area (Å²) in [6, 6.07) is 6.62. The number of amides is 1. The number of anilines is 1. The molecule has 0 atom stereocenters. The summed E-state index contributed by atoms with van der Waals surface area (Å²) in [5, 5.41) is 7.00. The van der Waals surface area contributed by atoms with E-state index in [1.54, 1.807) is 42.1 Å². The molecule has 0 aliphatic rings. The number of methoxy groups -OCH3 is 4. The number of furan rings is 1. The molecule has 0 unspecified atom stereocenters. The first kappa shape index (κ1) is 23.5. The van der Waals surface area contributed by atoms with Gasteiger partial charge in [0.1, 0.15) is 11.5 Å². The summed E-state index contributed by atoms with van der Waals surface area (Å²) in [5.41, 5.74) is 1.62. The van der Waals surface area contributed by atoms with E-state index in [2.05, 4.69) is 15.2 Å². The standard InChI is InChI=1S/C23H25N3O7/c1-14(8-15-9-20(30-3)21(31-4)10-19(15)29-2)22(27)25-16-11-24-26(12-16)13-17-6-7-18(33-17)23(28)32-5/h6-12H,13H2,1-5H3,(H,25,27). The Bertz CT molecular complexity index is 1180. The molecule has 0 saturated carbocycles. The number of hydrogen-bond donors (Lipinski definition) is 1. The van der Waals surface area contributed by atoms with Crippen LogP contribution in [0, 0.1) is 0 Å². The lowest BCUT2D eigenvalue weighted by atomic mass is 10.1. The molecule has 10 heteroatoms. The highest BCUT2D eigenvalue weighted by molar-refractivity contribution is 6.06. The first-order valence-corrected chi connectivity index (χ1v) is 9.87. The molecule has 2 heterocycles. The topological polar surface area (TPSA) is 114 Å². The van der Waals surface area contributed by atoms with Gasteiger partial charge < -0.3 is 28.7 Å². The maximum Gasteiger partial charge on any atom is 0.373 e. The molecular weight excluding hydrogens is 430 g/mol. The third-order valence-corrected chi connectivity index (χ3v) is 4.72. The van der Waals surface area contributed by atoms with Crippen LogP contribution in [0.4, 0.5) is 5.69 Å². The number of ether oxygens (including phenoxy) is 4. The first-order chi connectivity index (χ1) is 15.9. The third kappa shape index (κ3) is 5.53. The zero-order chi connectivity index (χ0) is 24.0. The average molecular weight is 455 g/mol. The van der Waals surface area contributed by atoms with E-state index in [0.29, 0.717) is 39.8 Å². The lowest BCUT2D eigenvalue weighted by Gasteiger charge is -2.12. The molecule has 0 saturated heterocycles. The molecule has 3 aromatic rings. The van der Waals surface area contributed by atoms with Gasteiger partial charge in [-0.1, -0.05) is 0 Å². The van der Waals surface area contributed by atoms with Crippen molar-refractivity contribution < 1.29 is 33.0 Å². The lowest BCUT2D eigenvalue weighted by Crippen LogP contribution is -2.12. The number of benzene rings is 1. The lowest BCUT2D eigenvalue weighted by molar-refractivity contribution is -0.112. The minimum atomic E-state index is -0.553. The Labute approximate surface area is 190 Å². The largest absolute Gasteiger partial charge is 0.496 e. The van der Waals surface area contributed by atoms with Crippen LogP contribution in [0.15, 0.2) is 46.6 Å². The molecule has 33 heavy (non-hydrogen) atoms. The molecule has 10 nitrogen and oxygen atoms in total. The van der Waals surface area contributed by atoms with Gasteiger partial charge in [0, 0.05) is 23.4 Å². The average Bonchev–Trinajstić information content (AvgIpc) is 3.47. The number of hydrogen-bond acceptors (Lipinski definition) is 8. The fourth-order valence-electron chi connectivity index (χ4n) is 3.04. The number of carbonyl (C=O) groups is 2. The van der Waals surface area contributed by atoms with Gasteiger partial charge in [-0.15, -0.1) is 0 Å². The maximum absolute atomic E-state index is 12.7. The van der Waals surface area contributed by atoms with Crippen LogP contribution in [0.5, 0.6) is 17.2 Å². The van der Waals surface area contributed by atoms with Crippen molar-refractivity contribution in [1.82, 2.24) is 9.78 Å². The molecule has 1 N–H and O–H groups in total. The highest BCUT2D eigenvalue weighted by atomic mass is 16.5. The zero-order valence-electron chi connectivity index (χ0n) is 19.0. The van der Waals surface area contributed by atoms with Crippen molar-refractivity contribution in [3.63, 3.8) is 0 Å². The summed E-state index contributed by atoms with van der Waals surface area (Å²) < 4.78 is 27.7. The Hall–Kier alpha value is -4.21. The van der Waals surface area contributed by atoms with Gasteiger partial charge in [0.2, 0.25) is 5.76 Å². The molecule has 2 aromatic heterocycles. The summed E-state index contributed by atoms with van der Waals surface area (Å²) in [4.78, 5) is 24.2. The van der Waals surface area contributed by atoms with E-state index >= 15 is 0 Å². The van der Waals surface area contributed by atoms with Crippen LogP contribution in [-0.2, 0) is 16.1 Å². The predicted octanol–water partition coefficient (Wildman–Crippen LogP) is 3.38. The number of nitrogens with one attached hydrogen (secondary N) is 1. The zero-order valence-corrected chi connectivity index (χ0v) is 19.0. The fourth-order valence-corrected chi connectivity index (χ4v) is 3.04. The Morgan fingerprint density at radius 2 is 1.76 bits per heavy atom. The van der Waals surface area contributed by atoms with Gasteiger partial charge >= 0.3 is 5.97 Å². The van der Waals surface area contributed by atoms with Gasteiger partial charge in [0.05, 0.1) is 46.9 Å². The predicted molar refractivity (Wildman–Crippen MR) is 120 cm³/mol. The van der Waals surface area contributed by atoms with Crippen LogP contribution < -0.4 is 19.5 Å². The van der Waals surface area contributed by atoms with E-state index in [1.807, 2.05) is 0 Å². The third-order valence-electron chi connectivity index (χ3n) is 4.72. The highest BCUT2D eigenvalue weighted by Gasteiger charge is 2.14. The Morgan fingerprint density at radius 3 is 2.42 bits per heavy atom. The molecule has 174 valence electrons. The number of aromatic nitrogens is 2. The summed E-state index contributed by atoms with van der Waals surface area (Å²) in [7, 11) is 5.89. The van der Waals surface area contributed by atoms with Crippen LogP contribution in [0.25, 0.3) is 6.08 Å². The van der Waals surface area contributed by atoms with Crippen molar-refractivity contribution in [2.24, 2.45) is 0 Å². The molecule has 0 aliphatic carbocycles. The van der Waals surface area contributed by atoms with Crippen molar-refractivity contribution in [2.75, 3.05) is 33.8 Å². The molecular formula is C23H25N3O7. The van der Waals surface area contributed by atoms with Gasteiger partial charge in [0.25, 0.3) is 5.91 Å². The van der Waals surface area contributed by atoms with E-state index in [9.17, 15) is 9.59 Å². The molecule has 1 aromatic carbocycles. The monoisotopic (exact) mass is 455 g/mol. The Balaban J connectivity index is 1.70. The van der Waals surface area contributed by atoms with Crippen molar-refractivity contribution in [1.29, 1.82) is 0 Å². The van der Waals surface area contributed by atoms with Gasteiger partial charge in [0.15, 0.2) is 11.5 Å². The van der Waals surface area contributed by atoms with Crippen molar-refractivity contribution in [3.8, 4) is 17.2 Å². The van der Waals surface area contributed by atoms with E-state index < -0.39 is 5.97 Å². The SMILES string of the molecule is COC(=O)c1ccc(Cn2cc(NC(=O)C(C)=Cc3cc(OC)c(OC)cc3OC)cn2)o1. The molecule has 0 bridgehead atoms. The van der Waals surface area contributed by atoms with E-state index in [4.69, 9.17) is 18.6 Å². The summed E-state index contributed by atoms with van der Waals surface area (Å²) in [6.45, 7) is 1.97. The van der Waals surface area contributed by atoms with Crippen LogP contribution in [0.3, 0.4) is 0 Å². The molecule has 1 amide bonds.